The van der Waals surface area contributed by atoms with Gasteiger partial charge in [-0.3, -0.25) is 10.1 Å². The molecule has 0 fully saturated rings. The minimum absolute atomic E-state index is 0.165. The molecule has 92 valence electrons. The first-order valence-electron chi connectivity index (χ1n) is 4.67. The van der Waals surface area contributed by atoms with Crippen molar-refractivity contribution in [3.05, 3.63) is 32.8 Å². The second kappa shape index (κ2) is 6.00. The van der Waals surface area contributed by atoms with Crippen LogP contribution in [0.4, 0.5) is 5.69 Å². The van der Waals surface area contributed by atoms with Crippen LogP contribution in [0.15, 0.2) is 22.5 Å². The van der Waals surface area contributed by atoms with E-state index in [1.165, 1.54) is 19.2 Å². The summed E-state index contributed by atoms with van der Waals surface area (Å²) in [6, 6.07) is 2.78. The van der Waals surface area contributed by atoms with Crippen LogP contribution in [0.5, 0.6) is 5.75 Å². The maximum absolute atomic E-state index is 10.7. The standard InChI is InChI=1S/C9H11ClN4O3/c1-17-9-4-6(2-3-12-13-11)7(10)5-8(9)14(15)16/h4-5H,2-3H2,1H3,(H2,11,12). The quantitative estimate of drug-likeness (QED) is 0.378. The van der Waals surface area contributed by atoms with Gasteiger partial charge < -0.3 is 10.6 Å². The summed E-state index contributed by atoms with van der Waals surface area (Å²) in [5, 5.41) is 17.7. The highest BCUT2D eigenvalue weighted by atomic mass is 35.5. The lowest BCUT2D eigenvalue weighted by Gasteiger charge is -2.06. The van der Waals surface area contributed by atoms with Gasteiger partial charge >= 0.3 is 5.69 Å². The Morgan fingerprint density at radius 3 is 2.82 bits per heavy atom. The van der Waals surface area contributed by atoms with Gasteiger partial charge in [-0.15, -0.1) is 0 Å². The first-order chi connectivity index (χ1) is 8.10. The van der Waals surface area contributed by atoms with Gasteiger partial charge in [0.05, 0.1) is 23.6 Å². The van der Waals surface area contributed by atoms with E-state index in [2.05, 4.69) is 10.3 Å². The third-order valence-electron chi connectivity index (χ3n) is 2.11. The van der Waals surface area contributed by atoms with Gasteiger partial charge in [0.1, 0.15) is 0 Å². The molecule has 8 heteroatoms. The Kier molecular flexibility index (Phi) is 4.65. The van der Waals surface area contributed by atoms with Crippen LogP contribution in [0.2, 0.25) is 5.02 Å². The fourth-order valence-corrected chi connectivity index (χ4v) is 1.56. The Bertz CT molecular complexity index is 450. The lowest BCUT2D eigenvalue weighted by molar-refractivity contribution is -0.385. The molecule has 7 nitrogen and oxygen atoms in total. The number of hydrogen-bond acceptors (Lipinski definition) is 5. The van der Waals surface area contributed by atoms with Crippen molar-refractivity contribution in [2.24, 2.45) is 16.2 Å². The summed E-state index contributed by atoms with van der Waals surface area (Å²) in [4.78, 5) is 10.2. The van der Waals surface area contributed by atoms with Gasteiger partial charge in [-0.05, 0) is 18.1 Å². The van der Waals surface area contributed by atoms with E-state index in [0.29, 0.717) is 23.6 Å². The minimum Gasteiger partial charge on any atom is -0.490 e. The first-order valence-corrected chi connectivity index (χ1v) is 5.05. The Morgan fingerprint density at radius 1 is 1.59 bits per heavy atom. The maximum Gasteiger partial charge on any atom is 0.312 e. The van der Waals surface area contributed by atoms with Crippen molar-refractivity contribution in [2.75, 3.05) is 13.7 Å². The predicted octanol–water partition coefficient (Wildman–Crippen LogP) is 2.13. The fourth-order valence-electron chi connectivity index (χ4n) is 1.31. The number of hydrogen-bond donors (Lipinski definition) is 1. The van der Waals surface area contributed by atoms with Crippen molar-refractivity contribution in [2.45, 2.75) is 6.42 Å². The normalized spacial score (nSPS) is 10.7. The molecule has 17 heavy (non-hydrogen) atoms. The molecule has 0 bridgehead atoms. The average molecular weight is 259 g/mol. The van der Waals surface area contributed by atoms with Crippen LogP contribution in [-0.2, 0) is 6.42 Å². The second-order valence-electron chi connectivity index (χ2n) is 3.10. The van der Waals surface area contributed by atoms with Crippen molar-refractivity contribution in [3.8, 4) is 5.75 Å². The zero-order valence-corrected chi connectivity index (χ0v) is 9.85. The fraction of sp³-hybridized carbons (Fsp3) is 0.333. The van der Waals surface area contributed by atoms with E-state index in [1.54, 1.807) is 0 Å². The zero-order valence-electron chi connectivity index (χ0n) is 9.09. The summed E-state index contributed by atoms with van der Waals surface area (Å²) < 4.78 is 4.93. The minimum atomic E-state index is -0.548. The number of methoxy groups -OCH3 is 1. The molecule has 0 aliphatic carbocycles. The van der Waals surface area contributed by atoms with E-state index in [0.717, 1.165) is 0 Å². The number of nitro groups is 1. The van der Waals surface area contributed by atoms with Crippen LogP contribution in [0.25, 0.3) is 0 Å². The molecule has 1 aromatic rings. The van der Waals surface area contributed by atoms with Crippen LogP contribution in [0.3, 0.4) is 0 Å². The van der Waals surface area contributed by atoms with Gasteiger partial charge in [-0.1, -0.05) is 16.8 Å². The maximum atomic E-state index is 10.7. The predicted molar refractivity (Wildman–Crippen MR) is 62.3 cm³/mol. The molecular weight excluding hydrogens is 248 g/mol. The lowest BCUT2D eigenvalue weighted by atomic mass is 10.1. The summed E-state index contributed by atoms with van der Waals surface area (Å²) in [7, 11) is 1.36. The molecule has 1 rings (SSSR count). The number of nitrogens with zero attached hydrogens (tertiary/aromatic N) is 3. The summed E-state index contributed by atoms with van der Waals surface area (Å²) in [6.45, 7) is 0.358. The lowest BCUT2D eigenvalue weighted by Crippen LogP contribution is -1.98. The van der Waals surface area contributed by atoms with Gasteiger partial charge in [0.15, 0.2) is 5.75 Å². The number of ether oxygens (including phenoxy) is 1. The van der Waals surface area contributed by atoms with E-state index < -0.39 is 4.92 Å². The molecule has 0 aliphatic heterocycles. The number of rotatable bonds is 5. The van der Waals surface area contributed by atoms with Crippen molar-refractivity contribution >= 4 is 17.3 Å². The van der Waals surface area contributed by atoms with Gasteiger partial charge in [0, 0.05) is 6.07 Å². The first kappa shape index (κ1) is 13.2. The van der Waals surface area contributed by atoms with Crippen LogP contribution < -0.4 is 10.6 Å². The third kappa shape index (κ3) is 3.28. The van der Waals surface area contributed by atoms with E-state index in [4.69, 9.17) is 22.2 Å². The average Bonchev–Trinajstić information content (AvgIpc) is 2.30. The molecule has 0 saturated heterocycles. The van der Waals surface area contributed by atoms with Crippen LogP contribution in [0, 0.1) is 10.1 Å². The molecule has 2 N–H and O–H groups in total. The molecule has 0 saturated carbocycles. The molecule has 0 amide bonds. The molecule has 0 unspecified atom stereocenters. The van der Waals surface area contributed by atoms with Crippen LogP contribution >= 0.6 is 11.6 Å². The molecule has 1 aromatic carbocycles. The number of benzene rings is 1. The molecule has 0 aromatic heterocycles. The van der Waals surface area contributed by atoms with Gasteiger partial charge in [-0.25, -0.2) is 0 Å². The highest BCUT2D eigenvalue weighted by Gasteiger charge is 2.17. The molecule has 0 atom stereocenters. The van der Waals surface area contributed by atoms with Gasteiger partial charge in [0.25, 0.3) is 0 Å². The Labute approximate surface area is 102 Å². The number of halogens is 1. The highest BCUT2D eigenvalue weighted by molar-refractivity contribution is 6.31. The summed E-state index contributed by atoms with van der Waals surface area (Å²) in [6.07, 6.45) is 0.480. The zero-order chi connectivity index (χ0) is 12.8. The smallest absolute Gasteiger partial charge is 0.312 e. The Morgan fingerprint density at radius 2 is 2.29 bits per heavy atom. The van der Waals surface area contributed by atoms with Crippen molar-refractivity contribution < 1.29 is 9.66 Å². The highest BCUT2D eigenvalue weighted by Crippen LogP contribution is 2.33. The van der Waals surface area contributed by atoms with Gasteiger partial charge in [-0.2, -0.15) is 5.11 Å². The van der Waals surface area contributed by atoms with E-state index >= 15 is 0 Å². The van der Waals surface area contributed by atoms with Crippen molar-refractivity contribution in [1.29, 1.82) is 0 Å². The number of nitrogens with two attached hydrogens (primary N) is 1. The third-order valence-corrected chi connectivity index (χ3v) is 2.46. The molecule has 0 heterocycles. The Balaban J connectivity index is 3.04. The van der Waals surface area contributed by atoms with E-state index in [9.17, 15) is 10.1 Å². The monoisotopic (exact) mass is 258 g/mol. The van der Waals surface area contributed by atoms with Crippen molar-refractivity contribution in [3.63, 3.8) is 0 Å². The van der Waals surface area contributed by atoms with E-state index in [1.807, 2.05) is 0 Å². The van der Waals surface area contributed by atoms with E-state index in [-0.39, 0.29) is 11.4 Å². The summed E-state index contributed by atoms with van der Waals surface area (Å²) >= 11 is 5.92. The largest absolute Gasteiger partial charge is 0.490 e. The number of nitro benzene ring substituents is 1. The SMILES string of the molecule is COc1cc(CCN=NN)c(Cl)cc1[N+](=O)[O-]. The molecule has 0 radical (unpaired) electrons. The molecule has 0 aliphatic rings. The molecule has 0 spiro atoms. The van der Waals surface area contributed by atoms with Gasteiger partial charge in [0.2, 0.25) is 0 Å². The molecular formula is C9H11ClN4O3. The van der Waals surface area contributed by atoms with Crippen molar-refractivity contribution in [1.82, 2.24) is 0 Å². The second-order valence-corrected chi connectivity index (χ2v) is 3.51. The topological polar surface area (TPSA) is 103 Å². The summed E-state index contributed by atoms with van der Waals surface area (Å²) in [5.41, 5.74) is 0.531. The summed E-state index contributed by atoms with van der Waals surface area (Å²) in [5.74, 6) is 5.03. The van der Waals surface area contributed by atoms with Crippen LogP contribution in [-0.4, -0.2) is 18.6 Å². The Hall–Kier alpha value is -1.89. The van der Waals surface area contributed by atoms with Crippen LogP contribution in [0.1, 0.15) is 5.56 Å².